The zero-order valence-electron chi connectivity index (χ0n) is 20.7. The number of thiazole rings is 1. The van der Waals surface area contributed by atoms with Crippen molar-refractivity contribution in [1.82, 2.24) is 25.6 Å². The minimum Gasteiger partial charge on any atom is -0.462 e. The molecule has 1 saturated heterocycles. The van der Waals surface area contributed by atoms with E-state index >= 15 is 0 Å². The number of amides is 2. The maximum absolute atomic E-state index is 12.7. The number of hydrogen-bond acceptors (Lipinski definition) is 10. The minimum atomic E-state index is -0.605. The molecular formula is C22H31ClN6O6S. The molecule has 2 amide bonds. The molecule has 1 aliphatic rings. The van der Waals surface area contributed by atoms with Gasteiger partial charge in [-0.3, -0.25) is 9.59 Å². The molecule has 2 atom stereocenters. The van der Waals surface area contributed by atoms with Crippen molar-refractivity contribution in [3.05, 3.63) is 27.2 Å². The Morgan fingerprint density at radius 2 is 2.00 bits per heavy atom. The SMILES string of the molecule is CCOC(=O)c1sc(N2CC[C@H](NC(=O)c3nc(Cl)c(CC)[nH]3)[C@H](OC)C2)nc1C(=O)NCCOC. The number of imidazole rings is 1. The number of nitrogens with one attached hydrogen (secondary N) is 3. The van der Waals surface area contributed by atoms with Gasteiger partial charge in [0.2, 0.25) is 0 Å². The number of anilines is 1. The van der Waals surface area contributed by atoms with Crippen LogP contribution in [0, 0.1) is 0 Å². The van der Waals surface area contributed by atoms with Crippen LogP contribution in [-0.4, -0.2) is 91.9 Å². The fourth-order valence-corrected chi connectivity index (χ4v) is 5.00. The van der Waals surface area contributed by atoms with E-state index in [1.54, 1.807) is 14.0 Å². The zero-order valence-corrected chi connectivity index (χ0v) is 22.3. The number of halogens is 1. The molecular weight excluding hydrogens is 512 g/mol. The van der Waals surface area contributed by atoms with Crippen molar-refractivity contribution in [2.75, 3.05) is 52.0 Å². The van der Waals surface area contributed by atoms with Crippen LogP contribution in [-0.2, 0) is 20.6 Å². The van der Waals surface area contributed by atoms with Gasteiger partial charge in [0.1, 0.15) is 4.88 Å². The van der Waals surface area contributed by atoms with Crippen molar-refractivity contribution in [1.29, 1.82) is 0 Å². The highest BCUT2D eigenvalue weighted by molar-refractivity contribution is 7.17. The molecule has 2 aromatic heterocycles. The Morgan fingerprint density at radius 1 is 1.22 bits per heavy atom. The first-order valence-electron chi connectivity index (χ1n) is 11.6. The van der Waals surface area contributed by atoms with Gasteiger partial charge in [-0.2, -0.15) is 0 Å². The molecule has 3 rings (SSSR count). The molecule has 198 valence electrons. The summed E-state index contributed by atoms with van der Waals surface area (Å²) in [6.45, 7) is 5.30. The van der Waals surface area contributed by atoms with Crippen LogP contribution in [0.5, 0.6) is 0 Å². The van der Waals surface area contributed by atoms with Gasteiger partial charge in [-0.05, 0) is 19.8 Å². The molecule has 1 aliphatic heterocycles. The van der Waals surface area contributed by atoms with E-state index in [2.05, 4.69) is 25.6 Å². The van der Waals surface area contributed by atoms with E-state index in [9.17, 15) is 14.4 Å². The third-order valence-corrected chi connectivity index (χ3v) is 7.04. The standard InChI is InChI=1S/C22H31ClN6O6S/c1-5-12-17(23)28-18(25-12)20(31)26-13-7-9-29(11-14(13)34-4)22-27-15(19(30)24-8-10-33-3)16(36-22)21(32)35-6-2/h13-14H,5-11H2,1-4H3,(H,24,30)(H,25,28)(H,26,31)/t13-,14+/m0/s1. The van der Waals surface area contributed by atoms with Gasteiger partial charge in [0.15, 0.2) is 21.8 Å². The summed E-state index contributed by atoms with van der Waals surface area (Å²) in [7, 11) is 3.09. The number of methoxy groups -OCH3 is 2. The van der Waals surface area contributed by atoms with E-state index in [0.29, 0.717) is 43.4 Å². The average molecular weight is 543 g/mol. The molecule has 0 aliphatic carbocycles. The van der Waals surface area contributed by atoms with Gasteiger partial charge in [-0.15, -0.1) is 0 Å². The maximum Gasteiger partial charge on any atom is 0.350 e. The van der Waals surface area contributed by atoms with E-state index in [0.717, 1.165) is 11.3 Å². The summed E-state index contributed by atoms with van der Waals surface area (Å²) in [6, 6.07) is -0.283. The fraction of sp³-hybridized carbons (Fsp3) is 0.591. The molecule has 12 nitrogen and oxygen atoms in total. The second kappa shape index (κ2) is 13.0. The maximum atomic E-state index is 12.7. The number of aryl methyl sites for hydroxylation is 1. The van der Waals surface area contributed by atoms with Crippen molar-refractivity contribution in [2.45, 2.75) is 38.8 Å². The van der Waals surface area contributed by atoms with Crippen molar-refractivity contribution < 1.29 is 28.6 Å². The number of rotatable bonds is 11. The Labute approximate surface area is 218 Å². The third kappa shape index (κ3) is 6.52. The zero-order chi connectivity index (χ0) is 26.2. The molecule has 0 saturated carbocycles. The number of ether oxygens (including phenoxy) is 3. The Hall–Kier alpha value is -2.74. The normalized spacial score (nSPS) is 17.6. The second-order valence-electron chi connectivity index (χ2n) is 7.94. The molecule has 0 spiro atoms. The van der Waals surface area contributed by atoms with E-state index in [-0.39, 0.29) is 52.8 Å². The number of piperidine rings is 1. The summed E-state index contributed by atoms with van der Waals surface area (Å²) >= 11 is 7.15. The molecule has 0 aromatic carbocycles. The van der Waals surface area contributed by atoms with Crippen molar-refractivity contribution in [2.24, 2.45) is 0 Å². The molecule has 14 heteroatoms. The molecule has 3 heterocycles. The number of hydrogen-bond donors (Lipinski definition) is 3. The lowest BCUT2D eigenvalue weighted by atomic mass is 10.0. The van der Waals surface area contributed by atoms with Gasteiger partial charge in [0.05, 0.1) is 31.1 Å². The Morgan fingerprint density at radius 3 is 2.64 bits per heavy atom. The fourth-order valence-electron chi connectivity index (χ4n) is 3.74. The number of aromatic nitrogens is 3. The summed E-state index contributed by atoms with van der Waals surface area (Å²) in [5.74, 6) is -1.30. The van der Waals surface area contributed by atoms with Crippen LogP contribution >= 0.6 is 22.9 Å². The Balaban J connectivity index is 1.73. The van der Waals surface area contributed by atoms with Crippen LogP contribution in [0.2, 0.25) is 5.15 Å². The largest absolute Gasteiger partial charge is 0.462 e. The predicted octanol–water partition coefficient (Wildman–Crippen LogP) is 1.66. The molecule has 0 radical (unpaired) electrons. The lowest BCUT2D eigenvalue weighted by Crippen LogP contribution is -2.55. The monoisotopic (exact) mass is 542 g/mol. The number of aromatic amines is 1. The van der Waals surface area contributed by atoms with Crippen molar-refractivity contribution >= 4 is 45.9 Å². The average Bonchev–Trinajstić information content (AvgIpc) is 3.48. The number of carbonyl (C=O) groups excluding carboxylic acids is 3. The van der Waals surface area contributed by atoms with Gasteiger partial charge in [0, 0.05) is 33.9 Å². The van der Waals surface area contributed by atoms with Gasteiger partial charge >= 0.3 is 5.97 Å². The molecule has 2 aromatic rings. The summed E-state index contributed by atoms with van der Waals surface area (Å²) in [5, 5.41) is 6.43. The highest BCUT2D eigenvalue weighted by Gasteiger charge is 2.34. The van der Waals surface area contributed by atoms with E-state index in [1.165, 1.54) is 7.11 Å². The second-order valence-corrected chi connectivity index (χ2v) is 9.28. The summed E-state index contributed by atoms with van der Waals surface area (Å²) in [5.41, 5.74) is 0.707. The summed E-state index contributed by atoms with van der Waals surface area (Å²) in [4.78, 5) is 51.5. The smallest absolute Gasteiger partial charge is 0.350 e. The van der Waals surface area contributed by atoms with Crippen LogP contribution in [0.4, 0.5) is 5.13 Å². The molecule has 1 fully saturated rings. The summed E-state index contributed by atoms with van der Waals surface area (Å²) < 4.78 is 15.7. The number of esters is 1. The first-order chi connectivity index (χ1) is 17.3. The van der Waals surface area contributed by atoms with Gasteiger partial charge in [-0.25, -0.2) is 14.8 Å². The third-order valence-electron chi connectivity index (χ3n) is 5.63. The Kier molecular flexibility index (Phi) is 10.0. The van der Waals surface area contributed by atoms with Crippen LogP contribution < -0.4 is 15.5 Å². The number of nitrogens with zero attached hydrogens (tertiary/aromatic N) is 3. The predicted molar refractivity (Wildman–Crippen MR) is 134 cm³/mol. The van der Waals surface area contributed by atoms with E-state index < -0.39 is 11.9 Å². The number of H-pyrrole nitrogens is 1. The molecule has 0 bridgehead atoms. The lowest BCUT2D eigenvalue weighted by Gasteiger charge is -2.37. The van der Waals surface area contributed by atoms with Crippen LogP contribution in [0.1, 0.15) is 56.7 Å². The molecule has 0 unspecified atom stereocenters. The molecule has 3 N–H and O–H groups in total. The van der Waals surface area contributed by atoms with Gasteiger partial charge in [0.25, 0.3) is 11.8 Å². The van der Waals surface area contributed by atoms with Crippen LogP contribution in [0.15, 0.2) is 0 Å². The molecule has 36 heavy (non-hydrogen) atoms. The van der Waals surface area contributed by atoms with Gasteiger partial charge < -0.3 is 34.7 Å². The quantitative estimate of drug-likeness (QED) is 0.285. The topological polar surface area (TPSA) is 148 Å². The minimum absolute atomic E-state index is 0.00960. The van der Waals surface area contributed by atoms with E-state index in [1.807, 2.05) is 11.8 Å². The Bertz CT molecular complexity index is 1080. The summed E-state index contributed by atoms with van der Waals surface area (Å²) in [6.07, 6.45) is 0.808. The number of carbonyl (C=O) groups is 3. The van der Waals surface area contributed by atoms with Crippen molar-refractivity contribution in [3.8, 4) is 0 Å². The lowest BCUT2D eigenvalue weighted by molar-refractivity contribution is 0.0527. The first-order valence-corrected chi connectivity index (χ1v) is 12.8. The first kappa shape index (κ1) is 27.8. The highest BCUT2D eigenvalue weighted by atomic mass is 35.5. The van der Waals surface area contributed by atoms with Crippen molar-refractivity contribution in [3.63, 3.8) is 0 Å². The highest BCUT2D eigenvalue weighted by Crippen LogP contribution is 2.30. The van der Waals surface area contributed by atoms with Crippen LogP contribution in [0.3, 0.4) is 0 Å². The van der Waals surface area contributed by atoms with E-state index in [4.69, 9.17) is 25.8 Å². The van der Waals surface area contributed by atoms with Gasteiger partial charge in [-0.1, -0.05) is 29.9 Å². The van der Waals surface area contributed by atoms with Crippen LogP contribution in [0.25, 0.3) is 0 Å².